The van der Waals surface area contributed by atoms with Gasteiger partial charge < -0.3 is 0 Å². The van der Waals surface area contributed by atoms with Crippen molar-refractivity contribution in [2.75, 3.05) is 0 Å². The molecule has 0 saturated heterocycles. The largest absolute Gasteiger partial charge is 0.295 e. The average molecular weight is 188 g/mol. The summed E-state index contributed by atoms with van der Waals surface area (Å²) >= 11 is 0. The standard InChI is InChI=1S/C13H16O/c1-9(14)10-5-4-6-11(7-10)12-8-13(12,2)3/h4-7,12H,8H2,1-3H3. The Labute approximate surface area is 85.1 Å². The van der Waals surface area contributed by atoms with E-state index in [-0.39, 0.29) is 5.78 Å². The molecule has 1 aromatic rings. The third-order valence-electron chi connectivity index (χ3n) is 3.21. The summed E-state index contributed by atoms with van der Waals surface area (Å²) < 4.78 is 0. The van der Waals surface area contributed by atoms with Crippen molar-refractivity contribution in [3.05, 3.63) is 35.4 Å². The highest BCUT2D eigenvalue weighted by Gasteiger charge is 2.46. The maximum absolute atomic E-state index is 11.2. The van der Waals surface area contributed by atoms with Crippen LogP contribution in [0.3, 0.4) is 0 Å². The van der Waals surface area contributed by atoms with Gasteiger partial charge in [0.1, 0.15) is 0 Å². The van der Waals surface area contributed by atoms with Crippen LogP contribution in [0.5, 0.6) is 0 Å². The van der Waals surface area contributed by atoms with Crippen molar-refractivity contribution in [2.24, 2.45) is 5.41 Å². The molecule has 2 rings (SSSR count). The fourth-order valence-corrected chi connectivity index (χ4v) is 2.01. The van der Waals surface area contributed by atoms with E-state index in [0.29, 0.717) is 11.3 Å². The summed E-state index contributed by atoms with van der Waals surface area (Å²) in [5, 5.41) is 0. The smallest absolute Gasteiger partial charge is 0.159 e. The van der Waals surface area contributed by atoms with Crippen molar-refractivity contribution in [1.29, 1.82) is 0 Å². The van der Waals surface area contributed by atoms with Gasteiger partial charge in [-0.05, 0) is 36.3 Å². The van der Waals surface area contributed by atoms with E-state index in [9.17, 15) is 4.79 Å². The molecule has 1 heteroatoms. The molecule has 0 aromatic heterocycles. The molecule has 1 aliphatic carbocycles. The summed E-state index contributed by atoms with van der Waals surface area (Å²) in [5.41, 5.74) is 2.60. The number of ketones is 1. The topological polar surface area (TPSA) is 17.1 Å². The van der Waals surface area contributed by atoms with Crippen molar-refractivity contribution in [2.45, 2.75) is 33.1 Å². The van der Waals surface area contributed by atoms with E-state index >= 15 is 0 Å². The van der Waals surface area contributed by atoms with Gasteiger partial charge in [-0.3, -0.25) is 4.79 Å². The van der Waals surface area contributed by atoms with E-state index in [0.717, 1.165) is 5.56 Å². The van der Waals surface area contributed by atoms with Crippen molar-refractivity contribution in [3.63, 3.8) is 0 Å². The van der Waals surface area contributed by atoms with Gasteiger partial charge in [-0.2, -0.15) is 0 Å². The zero-order valence-electron chi connectivity index (χ0n) is 9.00. The second kappa shape index (κ2) is 2.94. The summed E-state index contributed by atoms with van der Waals surface area (Å²) in [6.07, 6.45) is 1.24. The SMILES string of the molecule is CC(=O)c1cccc(C2CC2(C)C)c1. The van der Waals surface area contributed by atoms with Crippen LogP contribution in [0.15, 0.2) is 24.3 Å². The van der Waals surface area contributed by atoms with E-state index in [4.69, 9.17) is 0 Å². The molecule has 1 saturated carbocycles. The van der Waals surface area contributed by atoms with Gasteiger partial charge in [-0.1, -0.05) is 32.0 Å². The van der Waals surface area contributed by atoms with Crippen LogP contribution < -0.4 is 0 Å². The minimum atomic E-state index is 0.158. The zero-order chi connectivity index (χ0) is 10.3. The molecule has 0 N–H and O–H groups in total. The van der Waals surface area contributed by atoms with E-state index in [1.807, 2.05) is 18.2 Å². The number of carbonyl (C=O) groups excluding carboxylic acids is 1. The third-order valence-corrected chi connectivity index (χ3v) is 3.21. The number of hydrogen-bond acceptors (Lipinski definition) is 1. The first-order chi connectivity index (χ1) is 6.50. The van der Waals surface area contributed by atoms with Gasteiger partial charge in [-0.15, -0.1) is 0 Å². The fraction of sp³-hybridized carbons (Fsp3) is 0.462. The Morgan fingerprint density at radius 3 is 2.57 bits per heavy atom. The van der Waals surface area contributed by atoms with Crippen LogP contribution in [0.2, 0.25) is 0 Å². The van der Waals surface area contributed by atoms with Gasteiger partial charge in [0, 0.05) is 5.56 Å². The number of benzene rings is 1. The number of hydrogen-bond donors (Lipinski definition) is 0. The molecule has 1 aliphatic rings. The predicted molar refractivity (Wildman–Crippen MR) is 57.6 cm³/mol. The van der Waals surface area contributed by atoms with Crippen LogP contribution in [0, 0.1) is 5.41 Å². The molecule has 0 aliphatic heterocycles. The molecule has 1 aromatic carbocycles. The van der Waals surface area contributed by atoms with E-state index in [1.54, 1.807) is 6.92 Å². The Morgan fingerprint density at radius 1 is 1.43 bits per heavy atom. The predicted octanol–water partition coefficient (Wildman–Crippen LogP) is 3.40. The lowest BCUT2D eigenvalue weighted by Crippen LogP contribution is -1.95. The number of carbonyl (C=O) groups is 1. The Balaban J connectivity index is 2.28. The molecule has 0 heterocycles. The second-order valence-corrected chi connectivity index (χ2v) is 4.93. The van der Waals surface area contributed by atoms with Gasteiger partial charge in [0.05, 0.1) is 0 Å². The Hall–Kier alpha value is -1.11. The zero-order valence-corrected chi connectivity index (χ0v) is 9.00. The Kier molecular flexibility index (Phi) is 1.99. The van der Waals surface area contributed by atoms with Crippen LogP contribution in [0.4, 0.5) is 0 Å². The fourth-order valence-electron chi connectivity index (χ4n) is 2.01. The summed E-state index contributed by atoms with van der Waals surface area (Å²) in [7, 11) is 0. The van der Waals surface area contributed by atoms with E-state index in [1.165, 1.54) is 12.0 Å². The van der Waals surface area contributed by atoms with Gasteiger partial charge in [0.2, 0.25) is 0 Å². The second-order valence-electron chi connectivity index (χ2n) is 4.93. The molecule has 0 bridgehead atoms. The molecule has 74 valence electrons. The maximum atomic E-state index is 11.2. The van der Waals surface area contributed by atoms with Crippen molar-refractivity contribution in [3.8, 4) is 0 Å². The lowest BCUT2D eigenvalue weighted by molar-refractivity contribution is 0.101. The third kappa shape index (κ3) is 1.59. The minimum absolute atomic E-state index is 0.158. The number of rotatable bonds is 2. The molecule has 14 heavy (non-hydrogen) atoms. The first kappa shape index (κ1) is 9.45. The molecule has 0 radical (unpaired) electrons. The molecule has 1 atom stereocenters. The molecular formula is C13H16O. The molecule has 1 unspecified atom stereocenters. The summed E-state index contributed by atoms with van der Waals surface area (Å²) in [6, 6.07) is 8.05. The highest BCUT2D eigenvalue weighted by molar-refractivity contribution is 5.94. The number of Topliss-reactive ketones (excluding diaryl/α,β-unsaturated/α-hetero) is 1. The van der Waals surface area contributed by atoms with Gasteiger partial charge in [-0.25, -0.2) is 0 Å². The molecule has 1 nitrogen and oxygen atoms in total. The van der Waals surface area contributed by atoms with Crippen molar-refractivity contribution >= 4 is 5.78 Å². The van der Waals surface area contributed by atoms with Crippen LogP contribution >= 0.6 is 0 Å². The van der Waals surface area contributed by atoms with Gasteiger partial charge in [0.25, 0.3) is 0 Å². The molecule has 0 spiro atoms. The molecule has 0 amide bonds. The lowest BCUT2D eigenvalue weighted by atomic mass is 10.00. The lowest BCUT2D eigenvalue weighted by Gasteiger charge is -2.04. The van der Waals surface area contributed by atoms with Gasteiger partial charge >= 0.3 is 0 Å². The average Bonchev–Trinajstić information content (AvgIpc) is 2.75. The molecular weight excluding hydrogens is 172 g/mol. The Bertz CT molecular complexity index is 377. The van der Waals surface area contributed by atoms with Crippen LogP contribution in [-0.2, 0) is 0 Å². The normalized spacial score (nSPS) is 23.2. The minimum Gasteiger partial charge on any atom is -0.295 e. The van der Waals surface area contributed by atoms with Gasteiger partial charge in [0.15, 0.2) is 5.78 Å². The maximum Gasteiger partial charge on any atom is 0.159 e. The summed E-state index contributed by atoms with van der Waals surface area (Å²) in [4.78, 5) is 11.2. The first-order valence-corrected chi connectivity index (χ1v) is 5.11. The quantitative estimate of drug-likeness (QED) is 0.650. The van der Waals surface area contributed by atoms with Crippen LogP contribution in [-0.4, -0.2) is 5.78 Å². The molecule has 1 fully saturated rings. The highest BCUT2D eigenvalue weighted by atomic mass is 16.1. The summed E-state index contributed by atoms with van der Waals surface area (Å²) in [6.45, 7) is 6.17. The van der Waals surface area contributed by atoms with E-state index < -0.39 is 0 Å². The first-order valence-electron chi connectivity index (χ1n) is 5.11. The van der Waals surface area contributed by atoms with Crippen LogP contribution in [0.1, 0.15) is 49.0 Å². The highest BCUT2D eigenvalue weighted by Crippen LogP contribution is 2.58. The van der Waals surface area contributed by atoms with Crippen LogP contribution in [0.25, 0.3) is 0 Å². The van der Waals surface area contributed by atoms with E-state index in [2.05, 4.69) is 19.9 Å². The van der Waals surface area contributed by atoms with Crippen molar-refractivity contribution < 1.29 is 4.79 Å². The summed E-state index contributed by atoms with van der Waals surface area (Å²) in [5.74, 6) is 0.812. The monoisotopic (exact) mass is 188 g/mol. The van der Waals surface area contributed by atoms with Crippen molar-refractivity contribution in [1.82, 2.24) is 0 Å². The Morgan fingerprint density at radius 2 is 2.07 bits per heavy atom.